The van der Waals surface area contributed by atoms with Crippen LogP contribution in [-0.4, -0.2) is 109 Å². The highest BCUT2D eigenvalue weighted by Crippen LogP contribution is 2.42. The van der Waals surface area contributed by atoms with Crippen LogP contribution in [0.2, 0.25) is 5.02 Å². The lowest BCUT2D eigenvalue weighted by Crippen LogP contribution is -2.50. The van der Waals surface area contributed by atoms with Gasteiger partial charge < -0.3 is 33.6 Å². The predicted molar refractivity (Wildman–Crippen MR) is 230 cm³/mol. The number of methoxy groups -OCH3 is 2. The third-order valence-corrected chi connectivity index (χ3v) is 11.2. The molecule has 0 N–H and O–H groups in total. The second kappa shape index (κ2) is 18.4. The van der Waals surface area contributed by atoms with Gasteiger partial charge in [-0.1, -0.05) is 35.9 Å². The molecule has 330 valence electrons. The first-order valence-corrected chi connectivity index (χ1v) is 20.7. The number of ether oxygens (including phenoxy) is 4. The van der Waals surface area contributed by atoms with Crippen molar-refractivity contribution in [2.45, 2.75) is 64.3 Å². The van der Waals surface area contributed by atoms with Crippen LogP contribution < -0.4 is 24.0 Å². The lowest BCUT2D eigenvalue weighted by Gasteiger charge is -2.36. The van der Waals surface area contributed by atoms with Crippen molar-refractivity contribution in [3.63, 3.8) is 0 Å². The molecule has 1 amide bonds. The molecule has 12 nitrogen and oxygen atoms in total. The number of likely N-dealkylation sites (N-methyl/N-ethyl adjacent to an activating group) is 1. The van der Waals surface area contributed by atoms with Gasteiger partial charge in [-0.25, -0.2) is 14.2 Å². The minimum Gasteiger partial charge on any atom is -0.497 e. The molecule has 17 heteroatoms. The number of fused-ring (bicyclic) bond motifs is 1. The van der Waals surface area contributed by atoms with E-state index in [9.17, 15) is 22.4 Å². The fourth-order valence-corrected chi connectivity index (χ4v) is 7.81. The van der Waals surface area contributed by atoms with E-state index in [4.69, 9.17) is 40.5 Å². The Bertz CT molecular complexity index is 2300. The monoisotopic (exact) mass is 879 g/mol. The largest absolute Gasteiger partial charge is 0.497 e. The smallest absolute Gasteiger partial charge is 0.418 e. The summed E-state index contributed by atoms with van der Waals surface area (Å²) in [6.45, 7) is 7.84. The zero-order valence-corrected chi connectivity index (χ0v) is 36.3. The number of pyridine rings is 1. The first-order chi connectivity index (χ1) is 29.5. The normalized spacial score (nSPS) is 17.3. The molecule has 2 saturated heterocycles. The van der Waals surface area contributed by atoms with Crippen LogP contribution in [0.25, 0.3) is 22.2 Å². The van der Waals surface area contributed by atoms with E-state index in [0.717, 1.165) is 17.2 Å². The summed E-state index contributed by atoms with van der Waals surface area (Å²) in [5.74, 6) is 2.00. The van der Waals surface area contributed by atoms with Crippen molar-refractivity contribution in [3.8, 4) is 28.8 Å². The molecule has 2 aliphatic heterocycles. The van der Waals surface area contributed by atoms with E-state index < -0.39 is 41.3 Å². The number of benzene rings is 3. The number of carbonyl (C=O) groups is 1. The number of carbonyl (C=O) groups excluding carboxylic acids is 1. The van der Waals surface area contributed by atoms with Crippen molar-refractivity contribution in [2.75, 3.05) is 70.4 Å². The molecule has 4 heterocycles. The number of likely N-dealkylation sites (tertiary alicyclic amines) is 1. The number of halogens is 5. The van der Waals surface area contributed by atoms with Crippen LogP contribution in [0.4, 0.5) is 34.0 Å². The van der Waals surface area contributed by atoms with Crippen molar-refractivity contribution in [1.29, 1.82) is 0 Å². The van der Waals surface area contributed by atoms with Crippen molar-refractivity contribution < 1.29 is 41.3 Å². The second-order valence-electron chi connectivity index (χ2n) is 16.4. The number of anilines is 2. The fourth-order valence-electron chi connectivity index (χ4n) is 7.56. The SMILES string of the molecule is COc1ccc(CN(Cc2ccc(OC)cc2)c2ccc(C(F)(F)F)c(-c3cc4nc(OC[C@@H]5[C@@H](F)CCN5C)nc(N5CCN(C(=O)OC(C)(C)C)CC5)c4cc3Cl)n2)cc1. The Balaban J connectivity index is 1.30. The van der Waals surface area contributed by atoms with E-state index in [0.29, 0.717) is 74.9 Å². The van der Waals surface area contributed by atoms with Crippen LogP contribution in [0.15, 0.2) is 72.8 Å². The highest BCUT2D eigenvalue weighted by Gasteiger charge is 2.37. The maximum atomic E-state index is 15.0. The summed E-state index contributed by atoms with van der Waals surface area (Å²) >= 11 is 7.00. The van der Waals surface area contributed by atoms with Gasteiger partial charge in [0.05, 0.1) is 42.1 Å². The Hall–Kier alpha value is -5.61. The van der Waals surface area contributed by atoms with Gasteiger partial charge in [0.15, 0.2) is 0 Å². The number of amides is 1. The van der Waals surface area contributed by atoms with Crippen molar-refractivity contribution in [1.82, 2.24) is 24.8 Å². The minimum atomic E-state index is -4.80. The van der Waals surface area contributed by atoms with Crippen LogP contribution in [0.3, 0.4) is 0 Å². The summed E-state index contributed by atoms with van der Waals surface area (Å²) in [6.07, 6.45) is -5.99. The predicted octanol–water partition coefficient (Wildman–Crippen LogP) is 9.07. The molecular weight excluding hydrogens is 830 g/mol. The lowest BCUT2D eigenvalue weighted by atomic mass is 10.0. The van der Waals surface area contributed by atoms with E-state index >= 15 is 0 Å². The number of alkyl halides is 4. The summed E-state index contributed by atoms with van der Waals surface area (Å²) in [7, 11) is 4.96. The molecule has 2 aromatic heterocycles. The van der Waals surface area contributed by atoms with E-state index in [1.54, 1.807) is 39.9 Å². The third-order valence-electron chi connectivity index (χ3n) is 10.9. The van der Waals surface area contributed by atoms with Gasteiger partial charge in [0, 0.05) is 56.8 Å². The van der Waals surface area contributed by atoms with Gasteiger partial charge in [-0.05, 0) is 93.9 Å². The van der Waals surface area contributed by atoms with Crippen LogP contribution in [0.5, 0.6) is 17.5 Å². The highest BCUT2D eigenvalue weighted by molar-refractivity contribution is 6.34. The summed E-state index contributed by atoms with van der Waals surface area (Å²) in [4.78, 5) is 34.3. The third kappa shape index (κ3) is 10.4. The molecule has 2 fully saturated rings. The molecule has 7 rings (SSSR count). The van der Waals surface area contributed by atoms with Gasteiger partial charge in [-0.3, -0.25) is 4.90 Å². The van der Waals surface area contributed by atoms with Gasteiger partial charge >= 0.3 is 18.3 Å². The van der Waals surface area contributed by atoms with Crippen molar-refractivity contribution in [3.05, 3.63) is 94.5 Å². The van der Waals surface area contributed by atoms with Crippen LogP contribution in [-0.2, 0) is 24.0 Å². The molecule has 2 aliphatic rings. The molecule has 5 aromatic rings. The summed E-state index contributed by atoms with van der Waals surface area (Å²) in [5, 5.41) is 0.437. The molecule has 2 atom stereocenters. The van der Waals surface area contributed by atoms with E-state index in [1.807, 2.05) is 70.3 Å². The average Bonchev–Trinajstić information content (AvgIpc) is 3.57. The molecule has 3 aromatic carbocycles. The van der Waals surface area contributed by atoms with Gasteiger partial charge in [-0.15, -0.1) is 0 Å². The Morgan fingerprint density at radius 1 is 0.839 bits per heavy atom. The van der Waals surface area contributed by atoms with Crippen molar-refractivity contribution in [2.24, 2.45) is 0 Å². The van der Waals surface area contributed by atoms with Gasteiger partial charge in [0.1, 0.15) is 41.5 Å². The highest BCUT2D eigenvalue weighted by atomic mass is 35.5. The first kappa shape index (κ1) is 44.4. The Morgan fingerprint density at radius 3 is 1.98 bits per heavy atom. The number of hydrogen-bond acceptors (Lipinski definition) is 11. The number of aromatic nitrogens is 3. The molecule has 0 spiro atoms. The van der Waals surface area contributed by atoms with E-state index in [2.05, 4.69) is 4.98 Å². The topological polar surface area (TPSA) is 106 Å². The van der Waals surface area contributed by atoms with Crippen LogP contribution in [0.1, 0.15) is 43.9 Å². The molecule has 62 heavy (non-hydrogen) atoms. The lowest BCUT2D eigenvalue weighted by molar-refractivity contribution is -0.137. The standard InChI is InChI=1S/C45H50ClF4N7O5/c1-44(2,3)62-43(58)56-21-19-55(20-22-56)41-33-23-35(46)32(24-37(33)51-42(53-41)61-27-38-36(47)17-18-54(38)4)40-34(45(48,49)50)15-16-39(52-40)57(25-28-7-11-30(59-5)12-8-28)26-29-9-13-31(60-6)14-10-29/h7-16,23-24,36,38H,17-22,25-27H2,1-6H3/t36-,38+/m0/s1. The van der Waals surface area contributed by atoms with Gasteiger partial charge in [0.2, 0.25) is 0 Å². The Kier molecular flexibility index (Phi) is 13.2. The zero-order valence-electron chi connectivity index (χ0n) is 35.5. The number of nitrogens with zero attached hydrogens (tertiary/aromatic N) is 7. The molecular formula is C45H50ClF4N7O5. The summed E-state index contributed by atoms with van der Waals surface area (Å²) in [5.41, 5.74) is -0.0709. The second-order valence-corrected chi connectivity index (χ2v) is 16.8. The Morgan fingerprint density at radius 2 is 1.45 bits per heavy atom. The molecule has 0 bridgehead atoms. The zero-order chi connectivity index (χ0) is 44.3. The van der Waals surface area contributed by atoms with E-state index in [1.165, 1.54) is 18.2 Å². The van der Waals surface area contributed by atoms with E-state index in [-0.39, 0.29) is 34.5 Å². The fraction of sp³-hybridized carbons (Fsp3) is 0.422. The number of piperazine rings is 1. The maximum Gasteiger partial charge on any atom is 0.418 e. The summed E-state index contributed by atoms with van der Waals surface area (Å²) in [6, 6.07) is 19.6. The Labute approximate surface area is 363 Å². The molecule has 0 aliphatic carbocycles. The quantitative estimate of drug-likeness (QED) is 0.112. The van der Waals surface area contributed by atoms with Crippen molar-refractivity contribution >= 4 is 40.2 Å². The molecule has 0 radical (unpaired) electrons. The molecule has 0 unspecified atom stereocenters. The van der Waals surface area contributed by atoms with Crippen LogP contribution in [0, 0.1) is 0 Å². The minimum absolute atomic E-state index is 0.00752. The number of hydrogen-bond donors (Lipinski definition) is 0. The maximum absolute atomic E-state index is 15.0. The van der Waals surface area contributed by atoms with Crippen LogP contribution >= 0.6 is 11.6 Å². The van der Waals surface area contributed by atoms with Gasteiger partial charge in [0.25, 0.3) is 0 Å². The number of rotatable bonds is 12. The average molecular weight is 880 g/mol. The van der Waals surface area contributed by atoms with Gasteiger partial charge in [-0.2, -0.15) is 23.1 Å². The molecule has 0 saturated carbocycles. The summed E-state index contributed by atoms with van der Waals surface area (Å²) < 4.78 is 82.1. The first-order valence-electron chi connectivity index (χ1n) is 20.3.